The number of halogens is 4. The van der Waals surface area contributed by atoms with Gasteiger partial charge in [-0.05, 0) is 92.2 Å². The zero-order chi connectivity index (χ0) is 36.7. The first-order chi connectivity index (χ1) is 25.0. The van der Waals surface area contributed by atoms with Crippen LogP contribution in [0.2, 0.25) is 10.0 Å². The summed E-state index contributed by atoms with van der Waals surface area (Å²) in [6.07, 6.45) is 0. The lowest BCUT2D eigenvalue weighted by molar-refractivity contribution is 0.0595. The topological polar surface area (TPSA) is 89.2 Å². The van der Waals surface area contributed by atoms with E-state index in [-0.39, 0.29) is 31.1 Å². The van der Waals surface area contributed by atoms with Crippen LogP contribution in [0.1, 0.15) is 65.2 Å². The molecule has 0 fully saturated rings. The Morgan fingerprint density at radius 3 is 1.49 bits per heavy atom. The van der Waals surface area contributed by atoms with Crippen LogP contribution in [0, 0.1) is 11.6 Å². The highest BCUT2D eigenvalue weighted by Crippen LogP contribution is 2.38. The predicted octanol–water partition coefficient (Wildman–Crippen LogP) is 11.4. The summed E-state index contributed by atoms with van der Waals surface area (Å²) in [5.74, 6) is -1.42. The van der Waals surface area contributed by atoms with E-state index in [1.807, 2.05) is 49.4 Å². The molecule has 2 amide bonds. The quantitative estimate of drug-likeness (QED) is 0.177. The Labute approximate surface area is 315 Å². The van der Waals surface area contributed by atoms with Crippen molar-refractivity contribution in [2.45, 2.75) is 33.4 Å². The number of aromatic nitrogens is 2. The molecule has 7 aromatic rings. The van der Waals surface area contributed by atoms with Crippen molar-refractivity contribution in [3.05, 3.63) is 165 Å². The van der Waals surface area contributed by atoms with Gasteiger partial charge in [-0.2, -0.15) is 0 Å². The van der Waals surface area contributed by atoms with Crippen molar-refractivity contribution in [2.75, 3.05) is 0 Å². The second kappa shape index (κ2) is 15.2. The van der Waals surface area contributed by atoms with Gasteiger partial charge < -0.3 is 5.73 Å². The number of carbonyl (C=O) groups excluding carboxylic acids is 2. The SMILES string of the molecule is C.CC(N)c1cc2c(Cl)cccc2nc1-c1cccc(F)c1.CC(c1cc2c(Cl)cccc2nc1-c1cccc(F)c1)N1C(=O)c2ccccc2C1=O. The van der Waals surface area contributed by atoms with Crippen LogP contribution in [0.5, 0.6) is 0 Å². The maximum Gasteiger partial charge on any atom is 0.262 e. The van der Waals surface area contributed by atoms with E-state index in [4.69, 9.17) is 33.9 Å². The molecule has 0 bridgehead atoms. The van der Waals surface area contributed by atoms with Crippen LogP contribution in [0.4, 0.5) is 8.78 Å². The van der Waals surface area contributed by atoms with E-state index in [2.05, 4.69) is 4.98 Å². The molecule has 10 heteroatoms. The maximum atomic E-state index is 14.0. The normalized spacial score (nSPS) is 13.3. The molecule has 3 heterocycles. The number of rotatable bonds is 5. The molecular weight excluding hydrogens is 713 g/mol. The molecule has 0 aliphatic carbocycles. The Bertz CT molecular complexity index is 2510. The highest BCUT2D eigenvalue weighted by Gasteiger charge is 2.39. The molecule has 5 aromatic carbocycles. The third-order valence-electron chi connectivity index (χ3n) is 9.02. The zero-order valence-corrected chi connectivity index (χ0v) is 29.5. The molecule has 2 aromatic heterocycles. The Balaban J connectivity index is 0.000000191. The molecular formula is C43H34Cl2F2N4O2. The number of fused-ring (bicyclic) bond motifs is 3. The van der Waals surface area contributed by atoms with Crippen molar-refractivity contribution in [3.63, 3.8) is 0 Å². The molecule has 2 atom stereocenters. The molecule has 1 aliphatic rings. The van der Waals surface area contributed by atoms with Gasteiger partial charge in [0, 0.05) is 43.5 Å². The first-order valence-electron chi connectivity index (χ1n) is 16.4. The van der Waals surface area contributed by atoms with E-state index < -0.39 is 11.9 Å². The van der Waals surface area contributed by atoms with E-state index in [0.717, 1.165) is 16.5 Å². The third kappa shape index (κ3) is 7.13. The lowest BCUT2D eigenvalue weighted by atomic mass is 9.97. The maximum absolute atomic E-state index is 14.0. The third-order valence-corrected chi connectivity index (χ3v) is 9.68. The Morgan fingerprint density at radius 2 is 1.04 bits per heavy atom. The smallest absolute Gasteiger partial charge is 0.262 e. The van der Waals surface area contributed by atoms with Gasteiger partial charge in [0.2, 0.25) is 0 Å². The van der Waals surface area contributed by atoms with Crippen LogP contribution in [0.15, 0.2) is 121 Å². The molecule has 1 aliphatic heterocycles. The summed E-state index contributed by atoms with van der Waals surface area (Å²) in [4.78, 5) is 36.7. The van der Waals surface area contributed by atoms with E-state index in [9.17, 15) is 18.4 Å². The molecule has 2 N–H and O–H groups in total. The standard InChI is InChI=1S/C25H16ClFN2O2.C17H14ClFN2.CH4/c1-14(29-24(30)17-8-2-3-9-18(17)25(29)31)19-13-20-21(26)10-5-11-22(20)28-23(19)15-6-4-7-16(27)12-15;1-10(20)13-9-14-15(18)6-3-7-16(14)21-17(13)11-4-2-5-12(19)8-11;/h2-14H,1H3;2-10H,20H2,1H3;1H4. The highest BCUT2D eigenvalue weighted by molar-refractivity contribution is 6.35. The van der Waals surface area contributed by atoms with Crippen LogP contribution in [-0.4, -0.2) is 26.7 Å². The van der Waals surface area contributed by atoms with Crippen LogP contribution < -0.4 is 5.73 Å². The van der Waals surface area contributed by atoms with Gasteiger partial charge in [-0.1, -0.05) is 79.2 Å². The number of hydrogen-bond acceptors (Lipinski definition) is 5. The van der Waals surface area contributed by atoms with E-state index in [0.29, 0.717) is 60.2 Å². The monoisotopic (exact) mass is 746 g/mol. The van der Waals surface area contributed by atoms with Crippen molar-refractivity contribution >= 4 is 56.8 Å². The van der Waals surface area contributed by atoms with Crippen molar-refractivity contribution < 1.29 is 18.4 Å². The predicted molar refractivity (Wildman–Crippen MR) is 209 cm³/mol. The van der Waals surface area contributed by atoms with Crippen LogP contribution in [-0.2, 0) is 0 Å². The molecule has 0 saturated heterocycles. The van der Waals surface area contributed by atoms with Gasteiger partial charge in [-0.3, -0.25) is 14.5 Å². The van der Waals surface area contributed by atoms with Gasteiger partial charge in [-0.15, -0.1) is 0 Å². The first kappa shape index (κ1) is 37.2. The largest absolute Gasteiger partial charge is 0.324 e. The second-order valence-corrected chi connectivity index (χ2v) is 13.3. The number of imide groups is 1. The summed E-state index contributed by atoms with van der Waals surface area (Å²) in [6.45, 7) is 3.65. The summed E-state index contributed by atoms with van der Waals surface area (Å²) >= 11 is 12.6. The fourth-order valence-electron chi connectivity index (χ4n) is 6.45. The summed E-state index contributed by atoms with van der Waals surface area (Å²) in [5.41, 5.74) is 12.1. The van der Waals surface area contributed by atoms with E-state index in [1.165, 1.54) is 29.2 Å². The number of amides is 2. The highest BCUT2D eigenvalue weighted by atomic mass is 35.5. The zero-order valence-electron chi connectivity index (χ0n) is 27.9. The van der Waals surface area contributed by atoms with Crippen LogP contribution in [0.25, 0.3) is 44.3 Å². The summed E-state index contributed by atoms with van der Waals surface area (Å²) in [7, 11) is 0. The molecule has 6 nitrogen and oxygen atoms in total. The molecule has 0 radical (unpaired) electrons. The Hall–Kier alpha value is -5.54. The minimum atomic E-state index is -0.640. The molecule has 8 rings (SSSR count). The van der Waals surface area contributed by atoms with Crippen LogP contribution >= 0.6 is 23.2 Å². The Kier molecular flexibility index (Phi) is 10.7. The van der Waals surface area contributed by atoms with Gasteiger partial charge in [0.1, 0.15) is 11.6 Å². The number of nitrogens with two attached hydrogens (primary N) is 1. The molecule has 0 spiro atoms. The fourth-order valence-corrected chi connectivity index (χ4v) is 6.90. The molecule has 2 unspecified atom stereocenters. The van der Waals surface area contributed by atoms with Gasteiger partial charge in [-0.25, -0.2) is 18.7 Å². The first-order valence-corrected chi connectivity index (χ1v) is 17.2. The average Bonchev–Trinajstić information content (AvgIpc) is 3.39. The van der Waals surface area contributed by atoms with Crippen molar-refractivity contribution in [3.8, 4) is 22.5 Å². The van der Waals surface area contributed by atoms with Crippen molar-refractivity contribution in [2.24, 2.45) is 5.73 Å². The fraction of sp³-hybridized carbons (Fsp3) is 0.116. The lowest BCUT2D eigenvalue weighted by Crippen LogP contribution is -2.33. The van der Waals surface area contributed by atoms with E-state index >= 15 is 0 Å². The van der Waals surface area contributed by atoms with Gasteiger partial charge >= 0.3 is 0 Å². The van der Waals surface area contributed by atoms with Gasteiger partial charge in [0.15, 0.2) is 0 Å². The number of benzene rings is 5. The Morgan fingerprint density at radius 1 is 0.604 bits per heavy atom. The summed E-state index contributed by atoms with van der Waals surface area (Å²) in [6, 6.07) is 33.0. The minimum Gasteiger partial charge on any atom is -0.324 e. The van der Waals surface area contributed by atoms with Crippen LogP contribution in [0.3, 0.4) is 0 Å². The second-order valence-electron chi connectivity index (χ2n) is 12.5. The minimum absolute atomic E-state index is 0. The average molecular weight is 748 g/mol. The van der Waals surface area contributed by atoms with Crippen molar-refractivity contribution in [1.29, 1.82) is 0 Å². The number of nitrogens with zero attached hydrogens (tertiary/aromatic N) is 3. The van der Waals surface area contributed by atoms with Gasteiger partial charge in [0.25, 0.3) is 11.8 Å². The lowest BCUT2D eigenvalue weighted by Gasteiger charge is -2.25. The summed E-state index contributed by atoms with van der Waals surface area (Å²) in [5, 5.41) is 2.69. The number of hydrogen-bond donors (Lipinski definition) is 1. The number of pyridine rings is 2. The molecule has 266 valence electrons. The van der Waals surface area contributed by atoms with Gasteiger partial charge in [0.05, 0.1) is 39.6 Å². The molecule has 0 saturated carbocycles. The van der Waals surface area contributed by atoms with E-state index in [1.54, 1.807) is 61.5 Å². The molecule has 53 heavy (non-hydrogen) atoms. The summed E-state index contributed by atoms with van der Waals surface area (Å²) < 4.78 is 27.5. The number of carbonyl (C=O) groups is 2. The van der Waals surface area contributed by atoms with Crippen molar-refractivity contribution in [1.82, 2.24) is 14.9 Å².